The number of H-pyrrole nitrogens is 1. The van der Waals surface area contributed by atoms with Gasteiger partial charge in [-0.1, -0.05) is 12.8 Å². The zero-order valence-corrected chi connectivity index (χ0v) is 13.3. The predicted octanol–water partition coefficient (Wildman–Crippen LogP) is 3.66. The smallest absolute Gasteiger partial charge is 0.123 e. The zero-order valence-electron chi connectivity index (χ0n) is 13.3. The predicted molar refractivity (Wildman–Crippen MR) is 88.3 cm³/mol. The van der Waals surface area contributed by atoms with Gasteiger partial charge in [-0.15, -0.1) is 0 Å². The number of hydrogen-bond acceptors (Lipinski definition) is 3. The van der Waals surface area contributed by atoms with Gasteiger partial charge in [0.25, 0.3) is 0 Å². The van der Waals surface area contributed by atoms with Gasteiger partial charge in [0.1, 0.15) is 11.9 Å². The van der Waals surface area contributed by atoms with Gasteiger partial charge in [-0.3, -0.25) is 5.10 Å². The molecule has 1 saturated heterocycles. The molecule has 118 valence electrons. The highest BCUT2D eigenvalue weighted by Crippen LogP contribution is 2.30. The Hall–Kier alpha value is -1.55. The second-order valence-corrected chi connectivity index (χ2v) is 6.81. The maximum Gasteiger partial charge on any atom is 0.123 e. The maximum absolute atomic E-state index is 6.31. The van der Waals surface area contributed by atoms with Crippen LogP contribution in [-0.2, 0) is 0 Å². The first-order valence-electron chi connectivity index (χ1n) is 8.64. The first-order valence-corrected chi connectivity index (χ1v) is 8.64. The minimum absolute atomic E-state index is 0.362. The molecule has 1 aliphatic heterocycles. The van der Waals surface area contributed by atoms with E-state index in [9.17, 15) is 0 Å². The van der Waals surface area contributed by atoms with Crippen LogP contribution in [-0.4, -0.2) is 40.3 Å². The zero-order chi connectivity index (χ0) is 14.9. The number of hydrogen-bond donors (Lipinski definition) is 1. The Bertz CT molecular complexity index is 637. The molecule has 4 nitrogen and oxygen atoms in total. The van der Waals surface area contributed by atoms with Crippen LogP contribution >= 0.6 is 0 Å². The summed E-state index contributed by atoms with van der Waals surface area (Å²) in [6.45, 7) is 4.52. The fraction of sp³-hybridized carbons (Fsp3) is 0.611. The van der Waals surface area contributed by atoms with Crippen molar-refractivity contribution in [2.75, 3.05) is 13.1 Å². The van der Waals surface area contributed by atoms with Crippen molar-refractivity contribution >= 4 is 10.9 Å². The summed E-state index contributed by atoms with van der Waals surface area (Å²) in [6, 6.07) is 5.00. The van der Waals surface area contributed by atoms with Gasteiger partial charge in [0.05, 0.1) is 11.7 Å². The number of benzene rings is 1. The van der Waals surface area contributed by atoms with Gasteiger partial charge in [0.15, 0.2) is 0 Å². The lowest BCUT2D eigenvalue weighted by Gasteiger charge is -2.36. The molecule has 0 bridgehead atoms. The third-order valence-electron chi connectivity index (χ3n) is 5.46. The molecule has 4 rings (SSSR count). The Morgan fingerprint density at radius 3 is 2.68 bits per heavy atom. The summed E-state index contributed by atoms with van der Waals surface area (Å²) in [6.07, 6.45) is 10.2. The Kier molecular flexibility index (Phi) is 3.78. The van der Waals surface area contributed by atoms with Gasteiger partial charge in [0, 0.05) is 30.1 Å². The second kappa shape index (κ2) is 5.92. The van der Waals surface area contributed by atoms with Crippen LogP contribution in [0.3, 0.4) is 0 Å². The van der Waals surface area contributed by atoms with Crippen molar-refractivity contribution in [3.05, 3.63) is 23.9 Å². The summed E-state index contributed by atoms with van der Waals surface area (Å²) >= 11 is 0. The van der Waals surface area contributed by atoms with Crippen molar-refractivity contribution in [2.45, 2.75) is 57.6 Å². The van der Waals surface area contributed by atoms with Crippen molar-refractivity contribution in [3.63, 3.8) is 0 Å². The van der Waals surface area contributed by atoms with Crippen molar-refractivity contribution in [1.29, 1.82) is 0 Å². The van der Waals surface area contributed by atoms with E-state index in [1.807, 2.05) is 6.20 Å². The summed E-state index contributed by atoms with van der Waals surface area (Å²) < 4.78 is 6.31. The fourth-order valence-corrected chi connectivity index (χ4v) is 4.07. The average molecular weight is 299 g/mol. The summed E-state index contributed by atoms with van der Waals surface area (Å²) in [4.78, 5) is 2.69. The lowest BCUT2D eigenvalue weighted by molar-refractivity contribution is 0.0765. The van der Waals surface area contributed by atoms with E-state index in [1.165, 1.54) is 49.7 Å². The van der Waals surface area contributed by atoms with Gasteiger partial charge in [0.2, 0.25) is 0 Å². The van der Waals surface area contributed by atoms with Gasteiger partial charge < -0.3 is 9.64 Å². The molecule has 0 unspecified atom stereocenters. The highest BCUT2D eigenvalue weighted by Gasteiger charge is 2.28. The number of rotatable bonds is 3. The van der Waals surface area contributed by atoms with Crippen LogP contribution in [0.2, 0.25) is 0 Å². The SMILES string of the molecule is Cc1c(OC2CCN(C3CCCC3)CC2)ccc2[nH]ncc12. The molecular formula is C18H25N3O. The van der Waals surface area contributed by atoms with Crippen LogP contribution in [0.25, 0.3) is 10.9 Å². The number of nitrogens with one attached hydrogen (secondary N) is 1. The molecule has 4 heteroatoms. The molecular weight excluding hydrogens is 274 g/mol. The van der Waals surface area contributed by atoms with Gasteiger partial charge >= 0.3 is 0 Å². The Balaban J connectivity index is 1.40. The van der Waals surface area contributed by atoms with Gasteiger partial charge in [-0.2, -0.15) is 5.10 Å². The third kappa shape index (κ3) is 2.60. The maximum atomic E-state index is 6.31. The first-order chi connectivity index (χ1) is 10.8. The van der Waals surface area contributed by atoms with Crippen molar-refractivity contribution in [2.24, 2.45) is 0 Å². The number of nitrogens with zero attached hydrogens (tertiary/aromatic N) is 2. The molecule has 22 heavy (non-hydrogen) atoms. The minimum atomic E-state index is 0.362. The minimum Gasteiger partial charge on any atom is -0.490 e. The van der Waals surface area contributed by atoms with Crippen molar-refractivity contribution in [1.82, 2.24) is 15.1 Å². The van der Waals surface area contributed by atoms with E-state index in [1.54, 1.807) is 0 Å². The van der Waals surface area contributed by atoms with Crippen LogP contribution in [0.1, 0.15) is 44.1 Å². The largest absolute Gasteiger partial charge is 0.490 e. The monoisotopic (exact) mass is 299 g/mol. The van der Waals surface area contributed by atoms with E-state index in [2.05, 4.69) is 34.2 Å². The molecule has 2 heterocycles. The number of fused-ring (bicyclic) bond motifs is 1. The quantitative estimate of drug-likeness (QED) is 0.940. The second-order valence-electron chi connectivity index (χ2n) is 6.81. The first kappa shape index (κ1) is 14.1. The van der Waals surface area contributed by atoms with Crippen LogP contribution in [0.4, 0.5) is 0 Å². The molecule has 0 amide bonds. The molecule has 0 spiro atoms. The fourth-order valence-electron chi connectivity index (χ4n) is 4.07. The molecule has 0 atom stereocenters. The Morgan fingerprint density at radius 1 is 1.14 bits per heavy atom. The Labute approximate surface area is 131 Å². The molecule has 2 aliphatic rings. The normalized spacial score (nSPS) is 21.7. The number of likely N-dealkylation sites (tertiary alicyclic amines) is 1. The summed E-state index contributed by atoms with van der Waals surface area (Å²) in [5, 5.41) is 8.30. The van der Waals surface area contributed by atoms with E-state index in [0.717, 1.165) is 30.1 Å². The molecule has 1 aromatic heterocycles. The average Bonchev–Trinajstić information content (AvgIpc) is 3.22. The number of ether oxygens (including phenoxy) is 1. The van der Waals surface area contributed by atoms with Gasteiger partial charge in [-0.25, -0.2) is 0 Å². The van der Waals surface area contributed by atoms with E-state index in [-0.39, 0.29) is 0 Å². The molecule has 1 N–H and O–H groups in total. The molecule has 2 aromatic rings. The highest BCUT2D eigenvalue weighted by molar-refractivity contribution is 5.83. The van der Waals surface area contributed by atoms with Crippen LogP contribution in [0.5, 0.6) is 5.75 Å². The lowest BCUT2D eigenvalue weighted by atomic mass is 10.0. The summed E-state index contributed by atoms with van der Waals surface area (Å²) in [5.41, 5.74) is 2.28. The number of aromatic amines is 1. The Morgan fingerprint density at radius 2 is 1.91 bits per heavy atom. The molecule has 2 fully saturated rings. The van der Waals surface area contributed by atoms with Crippen LogP contribution < -0.4 is 4.74 Å². The van der Waals surface area contributed by atoms with Crippen molar-refractivity contribution in [3.8, 4) is 5.75 Å². The molecule has 0 radical (unpaired) electrons. The van der Waals surface area contributed by atoms with E-state index in [0.29, 0.717) is 6.10 Å². The topological polar surface area (TPSA) is 41.1 Å². The number of aryl methyl sites for hydroxylation is 1. The molecule has 1 aliphatic carbocycles. The van der Waals surface area contributed by atoms with Crippen molar-refractivity contribution < 1.29 is 4.74 Å². The van der Waals surface area contributed by atoms with Gasteiger partial charge in [-0.05, 0) is 44.7 Å². The lowest BCUT2D eigenvalue weighted by Crippen LogP contribution is -2.43. The van der Waals surface area contributed by atoms with E-state index < -0.39 is 0 Å². The number of aromatic nitrogens is 2. The molecule has 1 aromatic carbocycles. The highest BCUT2D eigenvalue weighted by atomic mass is 16.5. The molecule has 1 saturated carbocycles. The third-order valence-corrected chi connectivity index (χ3v) is 5.46. The standard InChI is InChI=1S/C18H25N3O/c1-13-16-12-19-20-17(16)6-7-18(13)22-15-8-10-21(11-9-15)14-4-2-3-5-14/h6-7,12,14-15H,2-5,8-11H2,1H3,(H,19,20). The summed E-state index contributed by atoms with van der Waals surface area (Å²) in [7, 11) is 0. The summed E-state index contributed by atoms with van der Waals surface area (Å²) in [5.74, 6) is 1.02. The van der Waals surface area contributed by atoms with E-state index in [4.69, 9.17) is 4.74 Å². The van der Waals surface area contributed by atoms with Crippen LogP contribution in [0.15, 0.2) is 18.3 Å². The van der Waals surface area contributed by atoms with E-state index >= 15 is 0 Å². The van der Waals surface area contributed by atoms with Crippen LogP contribution in [0, 0.1) is 6.92 Å². The number of piperidine rings is 1.